The molecule has 1 amide bonds. The van der Waals surface area contributed by atoms with Crippen LogP contribution in [-0.2, 0) is 4.79 Å². The van der Waals surface area contributed by atoms with Crippen LogP contribution in [0.5, 0.6) is 0 Å². The van der Waals surface area contributed by atoms with Crippen LogP contribution in [0.2, 0.25) is 0 Å². The minimum absolute atomic E-state index is 0.0271. The maximum Gasteiger partial charge on any atom is 0.318 e. The summed E-state index contributed by atoms with van der Waals surface area (Å²) in [7, 11) is 1.81. The zero-order valence-corrected chi connectivity index (χ0v) is 11.3. The van der Waals surface area contributed by atoms with Crippen molar-refractivity contribution in [3.63, 3.8) is 0 Å². The molecule has 102 valence electrons. The number of amides is 1. The van der Waals surface area contributed by atoms with Crippen molar-refractivity contribution in [3.05, 3.63) is 5.89 Å². The summed E-state index contributed by atoms with van der Waals surface area (Å²) in [5.74, 6) is 0.434. The Morgan fingerprint density at radius 2 is 2.11 bits per heavy atom. The summed E-state index contributed by atoms with van der Waals surface area (Å²) in [5.41, 5.74) is 5.22. The van der Waals surface area contributed by atoms with Crippen LogP contribution in [0.15, 0.2) is 4.42 Å². The Labute approximate surface area is 107 Å². The van der Waals surface area contributed by atoms with E-state index in [1.165, 1.54) is 0 Å². The summed E-state index contributed by atoms with van der Waals surface area (Å²) in [5, 5.41) is 10.9. The molecular weight excluding hydrogens is 234 g/mol. The summed E-state index contributed by atoms with van der Waals surface area (Å²) >= 11 is 0. The van der Waals surface area contributed by atoms with E-state index in [1.807, 2.05) is 27.8 Å². The van der Waals surface area contributed by atoms with E-state index < -0.39 is 5.91 Å². The third-order valence-corrected chi connectivity index (χ3v) is 2.44. The lowest BCUT2D eigenvalue weighted by Crippen LogP contribution is -2.36. The van der Waals surface area contributed by atoms with Gasteiger partial charge in [0.2, 0.25) is 11.8 Å². The largest absolute Gasteiger partial charge is 0.406 e. The van der Waals surface area contributed by atoms with Gasteiger partial charge in [-0.1, -0.05) is 18.9 Å². The van der Waals surface area contributed by atoms with Crippen LogP contribution in [0.25, 0.3) is 0 Å². The number of carbonyl (C=O) groups excluding carboxylic acids is 1. The van der Waals surface area contributed by atoms with Gasteiger partial charge >= 0.3 is 6.01 Å². The van der Waals surface area contributed by atoms with Gasteiger partial charge in [0.25, 0.3) is 0 Å². The van der Waals surface area contributed by atoms with E-state index in [-0.39, 0.29) is 12.6 Å². The van der Waals surface area contributed by atoms with Crippen LogP contribution in [-0.4, -0.2) is 36.2 Å². The first-order valence-corrected chi connectivity index (χ1v) is 5.98. The zero-order chi connectivity index (χ0) is 13.7. The van der Waals surface area contributed by atoms with E-state index in [1.54, 1.807) is 4.90 Å². The number of rotatable bonds is 7. The Morgan fingerprint density at radius 1 is 1.44 bits per heavy atom. The van der Waals surface area contributed by atoms with Gasteiger partial charge in [0, 0.05) is 6.54 Å². The molecule has 0 aliphatic rings. The Kier molecular flexibility index (Phi) is 5.08. The first-order valence-electron chi connectivity index (χ1n) is 5.98. The first kappa shape index (κ1) is 14.4. The van der Waals surface area contributed by atoms with Gasteiger partial charge in [-0.05, 0) is 19.9 Å². The molecule has 0 aliphatic carbocycles. The van der Waals surface area contributed by atoms with Gasteiger partial charge in [-0.2, -0.15) is 0 Å². The molecular formula is C11H21N5O2. The van der Waals surface area contributed by atoms with Crippen molar-refractivity contribution < 1.29 is 9.21 Å². The average molecular weight is 255 g/mol. The maximum absolute atomic E-state index is 11.0. The van der Waals surface area contributed by atoms with Crippen LogP contribution in [0.4, 0.5) is 6.01 Å². The molecule has 3 N–H and O–H groups in total. The SMILES string of the molecule is CNC(C)c1nnc(N(CC(N)=O)CC(C)C)o1. The number of hydrogen-bond acceptors (Lipinski definition) is 6. The molecule has 0 spiro atoms. The zero-order valence-electron chi connectivity index (χ0n) is 11.3. The number of carbonyl (C=O) groups is 1. The Balaban J connectivity index is 2.84. The number of anilines is 1. The van der Waals surface area contributed by atoms with Crippen LogP contribution < -0.4 is 16.0 Å². The molecule has 0 radical (unpaired) electrons. The van der Waals surface area contributed by atoms with Crippen molar-refractivity contribution in [2.24, 2.45) is 11.7 Å². The molecule has 1 rings (SSSR count). The third-order valence-electron chi connectivity index (χ3n) is 2.44. The molecule has 7 nitrogen and oxygen atoms in total. The van der Waals surface area contributed by atoms with E-state index >= 15 is 0 Å². The Morgan fingerprint density at radius 3 is 2.61 bits per heavy atom. The van der Waals surface area contributed by atoms with Gasteiger partial charge in [-0.25, -0.2) is 0 Å². The second kappa shape index (κ2) is 6.34. The minimum Gasteiger partial charge on any atom is -0.406 e. The molecule has 1 aromatic rings. The lowest BCUT2D eigenvalue weighted by Gasteiger charge is -2.20. The number of nitrogens with zero attached hydrogens (tertiary/aromatic N) is 3. The summed E-state index contributed by atoms with van der Waals surface area (Å²) < 4.78 is 5.53. The van der Waals surface area contributed by atoms with E-state index in [9.17, 15) is 4.79 Å². The van der Waals surface area contributed by atoms with Crippen molar-refractivity contribution >= 4 is 11.9 Å². The van der Waals surface area contributed by atoms with Crippen LogP contribution in [0.3, 0.4) is 0 Å². The number of hydrogen-bond donors (Lipinski definition) is 2. The predicted molar refractivity (Wildman–Crippen MR) is 68.0 cm³/mol. The van der Waals surface area contributed by atoms with E-state index in [2.05, 4.69) is 15.5 Å². The predicted octanol–water partition coefficient (Wildman–Crippen LogP) is 0.298. The van der Waals surface area contributed by atoms with Crippen molar-refractivity contribution in [3.8, 4) is 0 Å². The fourth-order valence-electron chi connectivity index (χ4n) is 1.49. The lowest BCUT2D eigenvalue weighted by molar-refractivity contribution is -0.116. The summed E-state index contributed by atoms with van der Waals surface area (Å²) in [6, 6.07) is 0.306. The highest BCUT2D eigenvalue weighted by molar-refractivity contribution is 5.78. The second-order valence-corrected chi connectivity index (χ2v) is 4.67. The lowest BCUT2D eigenvalue weighted by atomic mass is 10.2. The standard InChI is InChI=1S/C11H21N5O2/c1-7(2)5-16(6-9(12)17)11-15-14-10(18-11)8(3)13-4/h7-8,13H,5-6H2,1-4H3,(H2,12,17). The minimum atomic E-state index is -0.419. The fraction of sp³-hybridized carbons (Fsp3) is 0.727. The molecule has 0 saturated carbocycles. The molecule has 0 fully saturated rings. The molecule has 0 aliphatic heterocycles. The maximum atomic E-state index is 11.0. The highest BCUT2D eigenvalue weighted by atomic mass is 16.4. The highest BCUT2D eigenvalue weighted by Crippen LogP contribution is 2.17. The number of nitrogens with one attached hydrogen (secondary N) is 1. The molecule has 1 atom stereocenters. The van der Waals surface area contributed by atoms with Gasteiger partial charge in [-0.15, -0.1) is 5.10 Å². The van der Waals surface area contributed by atoms with Gasteiger partial charge in [0.15, 0.2) is 0 Å². The quantitative estimate of drug-likeness (QED) is 0.727. The van der Waals surface area contributed by atoms with E-state index in [4.69, 9.17) is 10.2 Å². The number of primary amides is 1. The van der Waals surface area contributed by atoms with E-state index in [0.717, 1.165) is 0 Å². The van der Waals surface area contributed by atoms with Crippen molar-refractivity contribution in [1.82, 2.24) is 15.5 Å². The van der Waals surface area contributed by atoms with Crippen LogP contribution in [0, 0.1) is 5.92 Å². The van der Waals surface area contributed by atoms with Gasteiger partial charge in [0.05, 0.1) is 6.04 Å². The smallest absolute Gasteiger partial charge is 0.318 e. The molecule has 1 unspecified atom stereocenters. The average Bonchev–Trinajstić information content (AvgIpc) is 2.75. The van der Waals surface area contributed by atoms with Crippen molar-refractivity contribution in [1.29, 1.82) is 0 Å². The Hall–Kier alpha value is -1.63. The fourth-order valence-corrected chi connectivity index (χ4v) is 1.49. The van der Waals surface area contributed by atoms with Crippen LogP contribution >= 0.6 is 0 Å². The molecule has 0 aromatic carbocycles. The van der Waals surface area contributed by atoms with E-state index in [0.29, 0.717) is 24.4 Å². The topological polar surface area (TPSA) is 97.3 Å². The summed E-state index contributed by atoms with van der Waals surface area (Å²) in [4.78, 5) is 12.7. The van der Waals surface area contributed by atoms with Gasteiger partial charge < -0.3 is 20.4 Å². The first-order chi connectivity index (χ1) is 8.43. The van der Waals surface area contributed by atoms with Crippen molar-refractivity contribution in [2.75, 3.05) is 25.0 Å². The van der Waals surface area contributed by atoms with Gasteiger partial charge in [-0.3, -0.25) is 4.79 Å². The normalized spacial score (nSPS) is 12.7. The molecule has 0 bridgehead atoms. The number of nitrogens with two attached hydrogens (primary N) is 1. The summed E-state index contributed by atoms with van der Waals surface area (Å²) in [6.07, 6.45) is 0. The molecule has 7 heteroatoms. The Bertz CT molecular complexity index is 391. The molecule has 1 heterocycles. The molecule has 1 aromatic heterocycles. The summed E-state index contributed by atoms with van der Waals surface area (Å²) in [6.45, 7) is 6.72. The van der Waals surface area contributed by atoms with Crippen LogP contribution in [0.1, 0.15) is 32.7 Å². The second-order valence-electron chi connectivity index (χ2n) is 4.67. The third kappa shape index (κ3) is 3.99. The van der Waals surface area contributed by atoms with Crippen molar-refractivity contribution in [2.45, 2.75) is 26.8 Å². The molecule has 0 saturated heterocycles. The molecule has 18 heavy (non-hydrogen) atoms. The monoisotopic (exact) mass is 255 g/mol. The highest BCUT2D eigenvalue weighted by Gasteiger charge is 2.19. The number of aromatic nitrogens is 2. The van der Waals surface area contributed by atoms with Gasteiger partial charge in [0.1, 0.15) is 6.54 Å².